The first kappa shape index (κ1) is 12.6. The number of piperidine rings is 1. The third kappa shape index (κ3) is 2.43. The van der Waals surface area contributed by atoms with Gasteiger partial charge in [0.2, 0.25) is 0 Å². The molecule has 104 valence electrons. The van der Waals surface area contributed by atoms with Gasteiger partial charge in [0.1, 0.15) is 0 Å². The second-order valence-corrected chi connectivity index (χ2v) is 7.32. The van der Waals surface area contributed by atoms with Crippen molar-refractivity contribution in [2.45, 2.75) is 38.3 Å². The molecule has 1 aromatic carbocycles. The Labute approximate surface area is 125 Å². The van der Waals surface area contributed by atoms with Gasteiger partial charge in [-0.05, 0) is 54.2 Å². The second-order valence-electron chi connectivity index (χ2n) is 6.28. The summed E-state index contributed by atoms with van der Waals surface area (Å²) >= 11 is 1.90. The van der Waals surface area contributed by atoms with Crippen LogP contribution in [0.25, 0.3) is 0 Å². The molecule has 1 nitrogen and oxygen atoms in total. The van der Waals surface area contributed by atoms with Crippen LogP contribution in [-0.2, 0) is 19.4 Å². The number of rotatable bonds is 2. The molecule has 3 aliphatic rings. The van der Waals surface area contributed by atoms with E-state index in [1.165, 1.54) is 37.1 Å². The molecule has 1 aromatic heterocycles. The largest absolute Gasteiger partial charge is 0.295 e. The number of fused-ring (bicyclic) bond motifs is 2. The molecule has 2 bridgehead atoms. The average Bonchev–Trinajstić information content (AvgIpc) is 2.93. The Bertz CT molecular complexity index is 575. The minimum atomic E-state index is 0.745. The summed E-state index contributed by atoms with van der Waals surface area (Å²) < 4.78 is 0. The molecule has 2 atom stereocenters. The zero-order chi connectivity index (χ0) is 13.4. The first-order valence-electron chi connectivity index (χ1n) is 7.72. The van der Waals surface area contributed by atoms with Crippen molar-refractivity contribution < 1.29 is 0 Å². The van der Waals surface area contributed by atoms with E-state index < -0.39 is 0 Å². The van der Waals surface area contributed by atoms with Gasteiger partial charge in [0.05, 0.1) is 0 Å². The van der Waals surface area contributed by atoms with Gasteiger partial charge in [-0.2, -0.15) is 0 Å². The van der Waals surface area contributed by atoms with Gasteiger partial charge in [-0.15, -0.1) is 11.3 Å². The van der Waals surface area contributed by atoms with Gasteiger partial charge >= 0.3 is 0 Å². The third-order valence-corrected chi connectivity index (χ3v) is 5.80. The zero-order valence-corrected chi connectivity index (χ0v) is 12.6. The van der Waals surface area contributed by atoms with Crippen molar-refractivity contribution in [3.63, 3.8) is 0 Å². The van der Waals surface area contributed by atoms with E-state index >= 15 is 0 Å². The van der Waals surface area contributed by atoms with Crippen LogP contribution in [0.1, 0.15) is 28.8 Å². The van der Waals surface area contributed by atoms with Crippen LogP contribution in [0.2, 0.25) is 0 Å². The Hall–Kier alpha value is -1.12. The lowest BCUT2D eigenvalue weighted by Crippen LogP contribution is -2.45. The van der Waals surface area contributed by atoms with Crippen LogP contribution in [0.5, 0.6) is 0 Å². The minimum absolute atomic E-state index is 0.745. The number of nitrogens with zero attached hydrogens (tertiary/aromatic N) is 1. The topological polar surface area (TPSA) is 3.24 Å². The van der Waals surface area contributed by atoms with Crippen molar-refractivity contribution >= 4 is 11.3 Å². The predicted molar refractivity (Wildman–Crippen MR) is 85.1 cm³/mol. The summed E-state index contributed by atoms with van der Waals surface area (Å²) in [5.74, 6) is 0.854. The summed E-state index contributed by atoms with van der Waals surface area (Å²) in [6.45, 7) is 2.44. The van der Waals surface area contributed by atoms with Crippen LogP contribution in [0.3, 0.4) is 0 Å². The van der Waals surface area contributed by atoms with Gasteiger partial charge in [-0.3, -0.25) is 4.90 Å². The van der Waals surface area contributed by atoms with Crippen LogP contribution in [0.15, 0.2) is 41.8 Å². The molecule has 2 heteroatoms. The minimum Gasteiger partial charge on any atom is -0.295 e. The fraction of sp³-hybridized carbons (Fsp3) is 0.444. The van der Waals surface area contributed by atoms with Crippen LogP contribution in [0.4, 0.5) is 0 Å². The second kappa shape index (κ2) is 5.34. The van der Waals surface area contributed by atoms with Crippen LogP contribution in [-0.4, -0.2) is 17.5 Å². The van der Waals surface area contributed by atoms with Crippen LogP contribution in [0, 0.1) is 5.92 Å². The fourth-order valence-corrected chi connectivity index (χ4v) is 4.63. The highest BCUT2D eigenvalue weighted by atomic mass is 32.1. The molecule has 0 radical (unpaired) electrons. The van der Waals surface area contributed by atoms with Gasteiger partial charge in [-0.1, -0.05) is 30.3 Å². The van der Waals surface area contributed by atoms with E-state index in [4.69, 9.17) is 0 Å². The smallest absolute Gasteiger partial charge is 0.0331 e. The van der Waals surface area contributed by atoms with Crippen molar-refractivity contribution in [1.29, 1.82) is 0 Å². The van der Waals surface area contributed by atoms with E-state index in [1.807, 2.05) is 11.3 Å². The maximum atomic E-state index is 2.75. The number of thiophene rings is 1. The SMILES string of the molecule is c1csc(CN2C[C@H]3CC[C@@H]2Cc2ccccc2C3)c1. The Morgan fingerprint density at radius 2 is 1.85 bits per heavy atom. The van der Waals surface area contributed by atoms with Crippen molar-refractivity contribution in [2.75, 3.05) is 6.54 Å². The highest BCUT2D eigenvalue weighted by Gasteiger charge is 2.31. The summed E-state index contributed by atoms with van der Waals surface area (Å²) in [4.78, 5) is 4.26. The van der Waals surface area contributed by atoms with E-state index in [-0.39, 0.29) is 0 Å². The van der Waals surface area contributed by atoms with Crippen LogP contribution < -0.4 is 0 Å². The number of hydrogen-bond donors (Lipinski definition) is 0. The van der Waals surface area contributed by atoms with Crippen molar-refractivity contribution in [3.8, 4) is 0 Å². The van der Waals surface area contributed by atoms with Crippen molar-refractivity contribution in [3.05, 3.63) is 57.8 Å². The lowest BCUT2D eigenvalue weighted by molar-refractivity contribution is 0.0948. The normalized spacial score (nSPS) is 26.0. The first-order valence-corrected chi connectivity index (χ1v) is 8.59. The molecule has 1 aliphatic carbocycles. The summed E-state index contributed by atoms with van der Waals surface area (Å²) in [5.41, 5.74) is 3.20. The Morgan fingerprint density at radius 3 is 2.65 bits per heavy atom. The van der Waals surface area contributed by atoms with E-state index in [0.717, 1.165) is 18.5 Å². The average molecular weight is 283 g/mol. The molecule has 0 unspecified atom stereocenters. The van der Waals surface area contributed by atoms with Crippen molar-refractivity contribution in [1.82, 2.24) is 4.90 Å². The maximum Gasteiger partial charge on any atom is 0.0331 e. The lowest BCUT2D eigenvalue weighted by Gasteiger charge is -2.42. The maximum absolute atomic E-state index is 2.75. The molecule has 3 heterocycles. The van der Waals surface area contributed by atoms with Gasteiger partial charge in [0.25, 0.3) is 0 Å². The highest BCUT2D eigenvalue weighted by molar-refractivity contribution is 7.09. The molecule has 20 heavy (non-hydrogen) atoms. The first-order chi connectivity index (χ1) is 9.88. The number of benzene rings is 1. The summed E-state index contributed by atoms with van der Waals surface area (Å²) in [5, 5.41) is 2.20. The Kier molecular flexibility index (Phi) is 3.37. The fourth-order valence-electron chi connectivity index (χ4n) is 3.90. The summed E-state index contributed by atoms with van der Waals surface area (Å²) in [6, 6.07) is 14.3. The molecule has 5 rings (SSSR count). The van der Waals surface area contributed by atoms with Crippen molar-refractivity contribution in [2.24, 2.45) is 5.92 Å². The quantitative estimate of drug-likeness (QED) is 0.801. The molecule has 2 aromatic rings. The molecule has 2 aliphatic heterocycles. The van der Waals surface area contributed by atoms with E-state index in [1.54, 1.807) is 11.1 Å². The van der Waals surface area contributed by atoms with E-state index in [2.05, 4.69) is 46.7 Å². The van der Waals surface area contributed by atoms with Gasteiger partial charge in [0.15, 0.2) is 0 Å². The highest BCUT2D eigenvalue weighted by Crippen LogP contribution is 2.33. The monoisotopic (exact) mass is 283 g/mol. The zero-order valence-electron chi connectivity index (χ0n) is 11.8. The molecule has 1 fully saturated rings. The standard InChI is InChI=1S/C18H21NS/c1-2-5-16-11-17-8-7-14(10-15(16)4-1)12-19(17)13-18-6-3-9-20-18/h1-6,9,14,17H,7-8,10-13H2/t14-,17+/m0/s1. The summed E-state index contributed by atoms with van der Waals surface area (Å²) in [7, 11) is 0. The molecule has 0 amide bonds. The lowest BCUT2D eigenvalue weighted by atomic mass is 9.80. The van der Waals surface area contributed by atoms with Gasteiger partial charge in [-0.25, -0.2) is 0 Å². The van der Waals surface area contributed by atoms with Gasteiger partial charge < -0.3 is 0 Å². The predicted octanol–water partition coefficient (Wildman–Crippen LogP) is 4.13. The van der Waals surface area contributed by atoms with Crippen LogP contribution >= 0.6 is 11.3 Å². The van der Waals surface area contributed by atoms with E-state index in [0.29, 0.717) is 0 Å². The molecular weight excluding hydrogens is 262 g/mol. The molecule has 0 N–H and O–H groups in total. The molecular formula is C18H21NS. The van der Waals surface area contributed by atoms with E-state index in [9.17, 15) is 0 Å². The molecule has 1 saturated heterocycles. The van der Waals surface area contributed by atoms with Gasteiger partial charge in [0, 0.05) is 24.0 Å². The number of hydrogen-bond acceptors (Lipinski definition) is 2. The Balaban J connectivity index is 1.60. The third-order valence-electron chi connectivity index (χ3n) is 4.94. The molecule has 0 saturated carbocycles. The summed E-state index contributed by atoms with van der Waals surface area (Å²) in [6.07, 6.45) is 5.32. The molecule has 0 spiro atoms. The Morgan fingerprint density at radius 1 is 1.00 bits per heavy atom.